The van der Waals surface area contributed by atoms with Gasteiger partial charge in [0.2, 0.25) is 5.91 Å². The summed E-state index contributed by atoms with van der Waals surface area (Å²) in [7, 11) is 0. The van der Waals surface area contributed by atoms with Crippen LogP contribution in [0.15, 0.2) is 24.3 Å². The van der Waals surface area contributed by atoms with E-state index in [4.69, 9.17) is 9.47 Å². The molecule has 1 saturated carbocycles. The molecular formula is C24H38N4O4. The zero-order chi connectivity index (χ0) is 22.6. The van der Waals surface area contributed by atoms with E-state index in [1.807, 2.05) is 31.2 Å². The van der Waals surface area contributed by atoms with Crippen molar-refractivity contribution in [2.24, 2.45) is 0 Å². The highest BCUT2D eigenvalue weighted by Gasteiger charge is 2.23. The lowest BCUT2D eigenvalue weighted by Gasteiger charge is -2.32. The Hall–Kier alpha value is -2.48. The maximum Gasteiger partial charge on any atom is 0.315 e. The summed E-state index contributed by atoms with van der Waals surface area (Å²) in [5.74, 6) is 1.57. The molecule has 8 heteroatoms. The van der Waals surface area contributed by atoms with Crippen LogP contribution in [0.4, 0.5) is 4.79 Å². The molecule has 2 fully saturated rings. The van der Waals surface area contributed by atoms with Crippen molar-refractivity contribution in [2.75, 3.05) is 39.4 Å². The average molecular weight is 447 g/mol. The van der Waals surface area contributed by atoms with Crippen LogP contribution >= 0.6 is 0 Å². The number of hydrogen-bond acceptors (Lipinski definition) is 5. The third kappa shape index (κ3) is 8.57. The lowest BCUT2D eigenvalue weighted by Crippen LogP contribution is -2.51. The maximum atomic E-state index is 12.2. The number of rotatable bonds is 10. The summed E-state index contributed by atoms with van der Waals surface area (Å²) in [5.41, 5.74) is 0. The first kappa shape index (κ1) is 24.2. The normalized spacial score (nSPS) is 18.0. The smallest absolute Gasteiger partial charge is 0.315 e. The Bertz CT molecular complexity index is 698. The molecule has 0 atom stereocenters. The van der Waals surface area contributed by atoms with Crippen LogP contribution in [0, 0.1) is 0 Å². The monoisotopic (exact) mass is 446 g/mol. The lowest BCUT2D eigenvalue weighted by molar-refractivity contribution is -0.122. The largest absolute Gasteiger partial charge is 0.494 e. The van der Waals surface area contributed by atoms with Crippen LogP contribution in [0.3, 0.4) is 0 Å². The second-order valence-corrected chi connectivity index (χ2v) is 8.61. The fourth-order valence-electron chi connectivity index (χ4n) is 4.31. The highest BCUT2D eigenvalue weighted by molar-refractivity contribution is 5.78. The number of hydrogen-bond donors (Lipinski definition) is 3. The summed E-state index contributed by atoms with van der Waals surface area (Å²) in [5, 5.41) is 9.13. The number of nitrogens with one attached hydrogen (secondary N) is 3. The highest BCUT2D eigenvalue weighted by atomic mass is 16.5. The van der Waals surface area contributed by atoms with Gasteiger partial charge >= 0.3 is 6.03 Å². The second-order valence-electron chi connectivity index (χ2n) is 8.61. The predicted octanol–water partition coefficient (Wildman–Crippen LogP) is 2.68. The molecule has 8 nitrogen and oxygen atoms in total. The zero-order valence-corrected chi connectivity index (χ0v) is 19.2. The van der Waals surface area contributed by atoms with E-state index in [-0.39, 0.29) is 18.0 Å². The van der Waals surface area contributed by atoms with Crippen LogP contribution in [0.25, 0.3) is 0 Å². The fraction of sp³-hybridized carbons (Fsp3) is 0.667. The Morgan fingerprint density at radius 2 is 1.50 bits per heavy atom. The van der Waals surface area contributed by atoms with Gasteiger partial charge in [0, 0.05) is 25.2 Å². The first-order valence-corrected chi connectivity index (χ1v) is 12.0. The number of benzene rings is 1. The van der Waals surface area contributed by atoms with Crippen molar-refractivity contribution < 1.29 is 19.1 Å². The van der Waals surface area contributed by atoms with Crippen LogP contribution < -0.4 is 25.4 Å². The first-order chi connectivity index (χ1) is 15.6. The number of amides is 3. The first-order valence-electron chi connectivity index (χ1n) is 12.0. The molecule has 1 aliphatic heterocycles. The summed E-state index contributed by atoms with van der Waals surface area (Å²) < 4.78 is 11.1. The summed E-state index contributed by atoms with van der Waals surface area (Å²) in [4.78, 5) is 26.6. The van der Waals surface area contributed by atoms with Crippen LogP contribution in [0.5, 0.6) is 11.5 Å². The van der Waals surface area contributed by atoms with Gasteiger partial charge in [-0.3, -0.25) is 9.69 Å². The highest BCUT2D eigenvalue weighted by Crippen LogP contribution is 2.18. The molecule has 3 N–H and O–H groups in total. The van der Waals surface area contributed by atoms with Crippen molar-refractivity contribution in [1.82, 2.24) is 20.9 Å². The van der Waals surface area contributed by atoms with Gasteiger partial charge in [0.05, 0.1) is 19.7 Å². The maximum absolute atomic E-state index is 12.2. The number of piperidine rings is 1. The van der Waals surface area contributed by atoms with Gasteiger partial charge in [0.25, 0.3) is 0 Å². The van der Waals surface area contributed by atoms with Crippen molar-refractivity contribution >= 4 is 11.9 Å². The van der Waals surface area contributed by atoms with Gasteiger partial charge in [-0.2, -0.15) is 0 Å². The van der Waals surface area contributed by atoms with Gasteiger partial charge < -0.3 is 25.4 Å². The van der Waals surface area contributed by atoms with Gasteiger partial charge in [-0.1, -0.05) is 19.3 Å². The van der Waals surface area contributed by atoms with Crippen molar-refractivity contribution in [3.63, 3.8) is 0 Å². The molecule has 1 aromatic carbocycles. The molecule has 0 radical (unpaired) electrons. The molecule has 0 aromatic heterocycles. The van der Waals surface area contributed by atoms with Crippen molar-refractivity contribution in [3.05, 3.63) is 24.3 Å². The number of ether oxygens (including phenoxy) is 2. The van der Waals surface area contributed by atoms with Crippen LogP contribution in [-0.2, 0) is 4.79 Å². The number of likely N-dealkylation sites (tertiary alicyclic amines) is 1. The number of nitrogens with zero attached hydrogens (tertiary/aromatic N) is 1. The lowest BCUT2D eigenvalue weighted by atomic mass is 9.96. The van der Waals surface area contributed by atoms with E-state index in [1.54, 1.807) is 0 Å². The topological polar surface area (TPSA) is 91.9 Å². The van der Waals surface area contributed by atoms with E-state index in [0.29, 0.717) is 32.3 Å². The minimum atomic E-state index is -0.0411. The molecule has 0 bridgehead atoms. The average Bonchev–Trinajstić information content (AvgIpc) is 2.80. The summed E-state index contributed by atoms with van der Waals surface area (Å²) in [6, 6.07) is 7.93. The summed E-state index contributed by atoms with van der Waals surface area (Å²) >= 11 is 0. The van der Waals surface area contributed by atoms with Gasteiger partial charge in [0.1, 0.15) is 18.1 Å². The second kappa shape index (κ2) is 13.2. The Labute approximate surface area is 191 Å². The minimum absolute atomic E-state index is 0.00162. The Kier molecular flexibility index (Phi) is 9.94. The molecule has 0 unspecified atom stereocenters. The molecular weight excluding hydrogens is 408 g/mol. The number of carbonyl (C=O) groups is 2. The van der Waals surface area contributed by atoms with Gasteiger partial charge in [-0.25, -0.2) is 4.79 Å². The van der Waals surface area contributed by atoms with Crippen molar-refractivity contribution in [3.8, 4) is 11.5 Å². The van der Waals surface area contributed by atoms with Gasteiger partial charge in [-0.15, -0.1) is 0 Å². The van der Waals surface area contributed by atoms with Crippen molar-refractivity contribution in [1.29, 1.82) is 0 Å². The predicted molar refractivity (Wildman–Crippen MR) is 124 cm³/mol. The van der Waals surface area contributed by atoms with Crippen LogP contribution in [0.1, 0.15) is 51.9 Å². The molecule has 1 aliphatic carbocycles. The number of urea groups is 1. The van der Waals surface area contributed by atoms with Crippen LogP contribution in [-0.4, -0.2) is 68.3 Å². The van der Waals surface area contributed by atoms with E-state index in [2.05, 4.69) is 20.9 Å². The van der Waals surface area contributed by atoms with Gasteiger partial charge in [0.15, 0.2) is 0 Å². The van der Waals surface area contributed by atoms with Crippen molar-refractivity contribution in [2.45, 2.75) is 64.0 Å². The molecule has 1 aromatic rings. The fourth-order valence-corrected chi connectivity index (χ4v) is 4.31. The molecule has 0 spiro atoms. The zero-order valence-electron chi connectivity index (χ0n) is 19.2. The molecule has 3 rings (SSSR count). The SMILES string of the molecule is CCOc1ccc(OCCNC(=O)CN2CCC(NC(=O)NC3CCCCC3)CC2)cc1. The van der Waals surface area contributed by atoms with E-state index in [0.717, 1.165) is 50.3 Å². The van der Waals surface area contributed by atoms with E-state index < -0.39 is 0 Å². The van der Waals surface area contributed by atoms with E-state index in [1.165, 1.54) is 19.3 Å². The standard InChI is InChI=1S/C24H38N4O4/c1-2-31-21-8-10-22(11-9-21)32-17-14-25-23(29)18-28-15-12-20(13-16-28)27-24(30)26-19-6-4-3-5-7-19/h8-11,19-20H,2-7,12-18H2,1H3,(H,25,29)(H2,26,27,30). The summed E-state index contributed by atoms with van der Waals surface area (Å²) in [6.45, 7) is 5.46. The molecule has 3 amide bonds. The number of carbonyl (C=O) groups excluding carboxylic acids is 2. The molecule has 178 valence electrons. The van der Waals surface area contributed by atoms with Crippen LogP contribution in [0.2, 0.25) is 0 Å². The van der Waals surface area contributed by atoms with E-state index in [9.17, 15) is 9.59 Å². The Morgan fingerprint density at radius 1 is 0.906 bits per heavy atom. The quantitative estimate of drug-likeness (QED) is 0.481. The Balaban J connectivity index is 1.23. The Morgan fingerprint density at radius 3 is 2.12 bits per heavy atom. The summed E-state index contributed by atoms with van der Waals surface area (Å²) in [6.07, 6.45) is 7.61. The molecule has 2 aliphatic rings. The molecule has 1 saturated heterocycles. The molecule has 32 heavy (non-hydrogen) atoms. The van der Waals surface area contributed by atoms with Gasteiger partial charge in [-0.05, 0) is 56.9 Å². The van der Waals surface area contributed by atoms with E-state index >= 15 is 0 Å². The third-order valence-electron chi connectivity index (χ3n) is 6.06. The third-order valence-corrected chi connectivity index (χ3v) is 6.06. The minimum Gasteiger partial charge on any atom is -0.494 e. The molecule has 1 heterocycles.